The van der Waals surface area contributed by atoms with E-state index in [9.17, 15) is 8.42 Å². The van der Waals surface area contributed by atoms with Crippen molar-refractivity contribution in [3.63, 3.8) is 0 Å². The van der Waals surface area contributed by atoms with E-state index >= 15 is 0 Å². The number of aryl methyl sites for hydroxylation is 2. The van der Waals surface area contributed by atoms with Crippen molar-refractivity contribution in [2.45, 2.75) is 37.6 Å². The van der Waals surface area contributed by atoms with Gasteiger partial charge in [0.25, 0.3) is 0 Å². The van der Waals surface area contributed by atoms with Gasteiger partial charge in [0.2, 0.25) is 10.0 Å². The molecular formula is C17H22N2O3S. The van der Waals surface area contributed by atoms with Crippen LogP contribution in [0, 0.1) is 13.8 Å². The predicted octanol–water partition coefficient (Wildman–Crippen LogP) is 3.17. The molecule has 6 heteroatoms. The lowest BCUT2D eigenvalue weighted by Gasteiger charge is -2.24. The van der Waals surface area contributed by atoms with Gasteiger partial charge in [0.15, 0.2) is 0 Å². The molecule has 0 bridgehead atoms. The van der Waals surface area contributed by atoms with Crippen LogP contribution in [0.3, 0.4) is 0 Å². The van der Waals surface area contributed by atoms with Crippen molar-refractivity contribution in [3.05, 3.63) is 47.3 Å². The monoisotopic (exact) mass is 334 g/mol. The summed E-state index contributed by atoms with van der Waals surface area (Å²) in [4.78, 5) is 3.40. The van der Waals surface area contributed by atoms with Gasteiger partial charge in [-0.1, -0.05) is 0 Å². The van der Waals surface area contributed by atoms with Gasteiger partial charge < -0.3 is 9.72 Å². The quantitative estimate of drug-likeness (QED) is 0.934. The molecule has 0 radical (unpaired) electrons. The summed E-state index contributed by atoms with van der Waals surface area (Å²) >= 11 is 0. The second-order valence-corrected chi connectivity index (χ2v) is 7.85. The van der Waals surface area contributed by atoms with Gasteiger partial charge in [-0.3, -0.25) is 0 Å². The third-order valence-corrected chi connectivity index (χ3v) is 6.48. The zero-order chi connectivity index (χ0) is 16.6. The molecule has 1 unspecified atom stereocenters. The molecule has 2 aromatic rings. The molecule has 1 atom stereocenters. The highest BCUT2D eigenvalue weighted by molar-refractivity contribution is 7.89. The van der Waals surface area contributed by atoms with Gasteiger partial charge in [0.1, 0.15) is 10.6 Å². The van der Waals surface area contributed by atoms with E-state index in [-0.39, 0.29) is 10.9 Å². The third kappa shape index (κ3) is 2.77. The molecular weight excluding hydrogens is 312 g/mol. The zero-order valence-corrected chi connectivity index (χ0v) is 14.5. The van der Waals surface area contributed by atoms with Crippen molar-refractivity contribution in [2.24, 2.45) is 0 Å². The van der Waals surface area contributed by atoms with Crippen LogP contribution in [0.1, 0.15) is 35.7 Å². The summed E-state index contributed by atoms with van der Waals surface area (Å²) in [5.41, 5.74) is 2.90. The van der Waals surface area contributed by atoms with E-state index < -0.39 is 10.0 Å². The Balaban J connectivity index is 2.06. The summed E-state index contributed by atoms with van der Waals surface area (Å²) in [6, 6.07) is 7.21. The maximum atomic E-state index is 13.2. The SMILES string of the molecule is COc1cc(C)c(C)cc1S(=O)(=O)N1CCCC1c1ccc[nH]1. The summed E-state index contributed by atoms with van der Waals surface area (Å²) in [7, 11) is -2.10. The van der Waals surface area contributed by atoms with Gasteiger partial charge in [-0.05, 0) is 62.1 Å². The molecule has 5 nitrogen and oxygen atoms in total. The molecule has 23 heavy (non-hydrogen) atoms. The molecule has 1 fully saturated rings. The number of ether oxygens (including phenoxy) is 1. The molecule has 1 aromatic heterocycles. The van der Waals surface area contributed by atoms with Crippen LogP contribution in [-0.4, -0.2) is 31.4 Å². The molecule has 1 aliphatic heterocycles. The topological polar surface area (TPSA) is 62.4 Å². The number of aromatic nitrogens is 1. The Labute approximate surface area is 137 Å². The second-order valence-electron chi connectivity index (χ2n) is 5.99. The van der Waals surface area contributed by atoms with Crippen molar-refractivity contribution in [3.8, 4) is 5.75 Å². The van der Waals surface area contributed by atoms with E-state index in [2.05, 4.69) is 4.98 Å². The fourth-order valence-electron chi connectivity index (χ4n) is 3.14. The molecule has 1 aliphatic rings. The van der Waals surface area contributed by atoms with Crippen LogP contribution < -0.4 is 4.74 Å². The van der Waals surface area contributed by atoms with Gasteiger partial charge in [-0.2, -0.15) is 4.31 Å². The van der Waals surface area contributed by atoms with Crippen molar-refractivity contribution in [2.75, 3.05) is 13.7 Å². The predicted molar refractivity (Wildman–Crippen MR) is 89.1 cm³/mol. The van der Waals surface area contributed by atoms with E-state index in [1.165, 1.54) is 7.11 Å². The van der Waals surface area contributed by atoms with Crippen molar-refractivity contribution < 1.29 is 13.2 Å². The molecule has 0 amide bonds. The minimum Gasteiger partial charge on any atom is -0.495 e. The average Bonchev–Trinajstić information content (AvgIpc) is 3.19. The highest BCUT2D eigenvalue weighted by Crippen LogP contribution is 2.38. The fraction of sp³-hybridized carbons (Fsp3) is 0.412. The van der Waals surface area contributed by atoms with Crippen molar-refractivity contribution in [1.82, 2.24) is 9.29 Å². The summed E-state index contributed by atoms with van der Waals surface area (Å²) in [6.07, 6.45) is 3.51. The number of methoxy groups -OCH3 is 1. The number of benzene rings is 1. The lowest BCUT2D eigenvalue weighted by atomic mass is 10.1. The fourth-order valence-corrected chi connectivity index (χ4v) is 5.04. The summed E-state index contributed by atoms with van der Waals surface area (Å²) in [5, 5.41) is 0. The first-order valence-electron chi connectivity index (χ1n) is 7.75. The third-order valence-electron chi connectivity index (χ3n) is 4.55. The van der Waals surface area contributed by atoms with Crippen LogP contribution in [0.25, 0.3) is 0 Å². The summed E-state index contributed by atoms with van der Waals surface area (Å²) < 4.78 is 33.4. The molecule has 124 valence electrons. The first-order chi connectivity index (χ1) is 10.9. The highest BCUT2D eigenvalue weighted by Gasteiger charge is 2.38. The van der Waals surface area contributed by atoms with E-state index in [1.807, 2.05) is 32.2 Å². The number of hydrogen-bond acceptors (Lipinski definition) is 3. The lowest BCUT2D eigenvalue weighted by molar-refractivity contribution is 0.377. The smallest absolute Gasteiger partial charge is 0.247 e. The largest absolute Gasteiger partial charge is 0.495 e. The van der Waals surface area contributed by atoms with E-state index in [0.717, 1.165) is 29.7 Å². The summed E-state index contributed by atoms with van der Waals surface area (Å²) in [6.45, 7) is 4.40. The first-order valence-corrected chi connectivity index (χ1v) is 9.19. The van der Waals surface area contributed by atoms with E-state index in [4.69, 9.17) is 4.74 Å². The Morgan fingerprint density at radius 3 is 2.65 bits per heavy atom. The van der Waals surface area contributed by atoms with Crippen LogP contribution in [0.5, 0.6) is 5.75 Å². The molecule has 2 heterocycles. The second kappa shape index (κ2) is 6.02. The zero-order valence-electron chi connectivity index (χ0n) is 13.7. The molecule has 1 N–H and O–H groups in total. The molecule has 0 spiro atoms. The Hall–Kier alpha value is -1.79. The van der Waals surface area contributed by atoms with E-state index in [1.54, 1.807) is 16.4 Å². The minimum absolute atomic E-state index is 0.138. The highest BCUT2D eigenvalue weighted by atomic mass is 32.2. The number of nitrogens with zero attached hydrogens (tertiary/aromatic N) is 1. The van der Waals surface area contributed by atoms with Crippen LogP contribution >= 0.6 is 0 Å². The molecule has 1 saturated heterocycles. The number of sulfonamides is 1. The van der Waals surface area contributed by atoms with E-state index in [0.29, 0.717) is 12.3 Å². The van der Waals surface area contributed by atoms with Crippen LogP contribution in [0.2, 0.25) is 0 Å². The maximum Gasteiger partial charge on any atom is 0.247 e. The summed E-state index contributed by atoms with van der Waals surface area (Å²) in [5.74, 6) is 0.408. The van der Waals surface area contributed by atoms with Gasteiger partial charge >= 0.3 is 0 Å². The number of H-pyrrole nitrogens is 1. The Morgan fingerprint density at radius 1 is 1.26 bits per heavy atom. The first kappa shape index (κ1) is 16.1. The van der Waals surface area contributed by atoms with Crippen LogP contribution in [0.15, 0.2) is 35.4 Å². The van der Waals surface area contributed by atoms with Crippen LogP contribution in [-0.2, 0) is 10.0 Å². The Bertz CT molecular complexity index is 797. The molecule has 1 aromatic carbocycles. The average molecular weight is 334 g/mol. The number of rotatable bonds is 4. The Kier molecular flexibility index (Phi) is 4.21. The van der Waals surface area contributed by atoms with Crippen molar-refractivity contribution in [1.29, 1.82) is 0 Å². The van der Waals surface area contributed by atoms with Crippen molar-refractivity contribution >= 4 is 10.0 Å². The normalized spacial score (nSPS) is 19.2. The van der Waals surface area contributed by atoms with Gasteiger partial charge in [0.05, 0.1) is 13.2 Å². The maximum absolute atomic E-state index is 13.2. The number of nitrogens with one attached hydrogen (secondary N) is 1. The molecule has 0 aliphatic carbocycles. The Morgan fingerprint density at radius 2 is 2.00 bits per heavy atom. The van der Waals surface area contributed by atoms with Gasteiger partial charge in [-0.15, -0.1) is 0 Å². The molecule has 3 rings (SSSR count). The molecule has 0 saturated carbocycles. The number of aromatic amines is 1. The minimum atomic E-state index is -3.61. The standard InChI is InChI=1S/C17H22N2O3S/c1-12-10-16(22-3)17(11-13(12)2)23(20,21)19-9-5-7-15(19)14-6-4-8-18-14/h4,6,8,10-11,15,18H,5,7,9H2,1-3H3. The lowest BCUT2D eigenvalue weighted by Crippen LogP contribution is -2.31. The van der Waals surface area contributed by atoms with Gasteiger partial charge in [0, 0.05) is 18.4 Å². The van der Waals surface area contributed by atoms with Crippen LogP contribution in [0.4, 0.5) is 0 Å². The number of hydrogen-bond donors (Lipinski definition) is 1. The van der Waals surface area contributed by atoms with Gasteiger partial charge in [-0.25, -0.2) is 8.42 Å².